The number of hydrogen-bond acceptors (Lipinski definition) is 4. The minimum absolute atomic E-state index is 0.0185. The standard InChI is InChI=1S/C3H7N3O/c4-6-1-2-5-3(6)7-2/h2-3,5H,1,4H2. The van der Waals surface area contributed by atoms with Crippen molar-refractivity contribution in [2.75, 3.05) is 6.54 Å². The molecule has 0 saturated carbocycles. The zero-order valence-corrected chi connectivity index (χ0v) is 3.79. The van der Waals surface area contributed by atoms with Crippen molar-refractivity contribution in [3.05, 3.63) is 0 Å². The van der Waals surface area contributed by atoms with E-state index in [2.05, 4.69) is 5.32 Å². The summed E-state index contributed by atoms with van der Waals surface area (Å²) in [6.45, 7) is 0.824. The Balaban J connectivity index is 2.13. The van der Waals surface area contributed by atoms with Gasteiger partial charge in [-0.05, 0) is 0 Å². The van der Waals surface area contributed by atoms with Crippen LogP contribution >= 0.6 is 0 Å². The maximum absolute atomic E-state index is 5.37. The van der Waals surface area contributed by atoms with Crippen LogP contribution in [0.15, 0.2) is 0 Å². The summed E-state index contributed by atoms with van der Waals surface area (Å²) in [5.41, 5.74) is 0. The van der Waals surface area contributed by atoms with Gasteiger partial charge < -0.3 is 4.74 Å². The average Bonchev–Trinajstić information content (AvgIpc) is 1.85. The Morgan fingerprint density at radius 2 is 2.57 bits per heavy atom. The van der Waals surface area contributed by atoms with Gasteiger partial charge >= 0.3 is 0 Å². The lowest BCUT2D eigenvalue weighted by Gasteiger charge is -2.25. The highest BCUT2D eigenvalue weighted by atomic mass is 16.6. The minimum atomic E-state index is 0.0185. The van der Waals surface area contributed by atoms with Gasteiger partial charge in [-0.3, -0.25) is 11.2 Å². The summed E-state index contributed by atoms with van der Waals surface area (Å²) in [4.78, 5) is 0. The highest BCUT2D eigenvalue weighted by Gasteiger charge is 2.41. The van der Waals surface area contributed by atoms with Crippen molar-refractivity contribution in [1.82, 2.24) is 10.3 Å². The highest BCUT2D eigenvalue weighted by Crippen LogP contribution is 2.17. The van der Waals surface area contributed by atoms with Crippen LogP contribution in [-0.2, 0) is 4.74 Å². The minimum Gasteiger partial charge on any atom is -0.329 e. The fourth-order valence-electron chi connectivity index (χ4n) is 0.878. The van der Waals surface area contributed by atoms with Gasteiger partial charge in [0.1, 0.15) is 6.23 Å². The molecule has 0 aromatic heterocycles. The van der Waals surface area contributed by atoms with Crippen LogP contribution in [0.5, 0.6) is 0 Å². The molecule has 3 rings (SSSR count). The van der Waals surface area contributed by atoms with Crippen molar-refractivity contribution in [3.8, 4) is 0 Å². The third-order valence-electron chi connectivity index (χ3n) is 1.30. The normalized spacial score (nSPS) is 49.3. The fraction of sp³-hybridized carbons (Fsp3) is 1.00. The molecule has 3 N–H and O–H groups in total. The summed E-state index contributed by atoms with van der Waals surface area (Å²) in [5, 5.41) is 4.69. The Kier molecular flexibility index (Phi) is 0.529. The molecular weight excluding hydrogens is 94.1 g/mol. The van der Waals surface area contributed by atoms with Gasteiger partial charge in [0.2, 0.25) is 0 Å². The van der Waals surface area contributed by atoms with Crippen LogP contribution in [0.2, 0.25) is 0 Å². The Hall–Kier alpha value is -0.160. The maximum Gasteiger partial charge on any atom is 0.182 e. The van der Waals surface area contributed by atoms with E-state index >= 15 is 0 Å². The Morgan fingerprint density at radius 1 is 1.86 bits per heavy atom. The molecule has 40 valence electrons. The Bertz CT molecular complexity index is 90.2. The van der Waals surface area contributed by atoms with E-state index in [1.807, 2.05) is 0 Å². The second kappa shape index (κ2) is 0.976. The highest BCUT2D eigenvalue weighted by molar-refractivity contribution is 4.81. The van der Waals surface area contributed by atoms with Crippen LogP contribution in [0.4, 0.5) is 0 Å². The molecule has 3 aliphatic heterocycles. The molecule has 2 bridgehead atoms. The molecule has 2 atom stereocenters. The molecule has 0 aliphatic carbocycles. The quantitative estimate of drug-likeness (QED) is 0.361. The van der Waals surface area contributed by atoms with Gasteiger partial charge in [0, 0.05) is 0 Å². The van der Waals surface area contributed by atoms with Gasteiger partial charge in [-0.2, -0.15) is 0 Å². The van der Waals surface area contributed by atoms with E-state index in [-0.39, 0.29) is 12.6 Å². The predicted molar refractivity (Wildman–Crippen MR) is 22.7 cm³/mol. The molecule has 3 fully saturated rings. The van der Waals surface area contributed by atoms with Gasteiger partial charge in [0.25, 0.3) is 0 Å². The first kappa shape index (κ1) is 3.80. The number of nitrogens with two attached hydrogens (primary N) is 1. The molecule has 3 aliphatic rings. The zero-order valence-electron chi connectivity index (χ0n) is 3.79. The molecule has 4 heteroatoms. The van der Waals surface area contributed by atoms with Crippen LogP contribution in [0.3, 0.4) is 0 Å². The first-order valence-corrected chi connectivity index (χ1v) is 2.29. The maximum atomic E-state index is 5.37. The van der Waals surface area contributed by atoms with E-state index in [1.165, 1.54) is 0 Å². The van der Waals surface area contributed by atoms with Crippen molar-refractivity contribution >= 4 is 0 Å². The molecule has 0 radical (unpaired) electrons. The SMILES string of the molecule is NN1CC2NC1O2. The molecule has 0 amide bonds. The van der Waals surface area contributed by atoms with Gasteiger partial charge in [-0.15, -0.1) is 0 Å². The van der Waals surface area contributed by atoms with E-state index in [0.717, 1.165) is 6.54 Å². The monoisotopic (exact) mass is 101 g/mol. The largest absolute Gasteiger partial charge is 0.329 e. The van der Waals surface area contributed by atoms with Crippen molar-refractivity contribution in [2.45, 2.75) is 12.6 Å². The van der Waals surface area contributed by atoms with Crippen molar-refractivity contribution in [2.24, 2.45) is 5.84 Å². The van der Waals surface area contributed by atoms with Crippen LogP contribution in [0.1, 0.15) is 0 Å². The molecular formula is C3H7N3O. The lowest BCUT2D eigenvalue weighted by Crippen LogP contribution is -2.51. The summed E-state index contributed by atoms with van der Waals surface area (Å²) in [6.07, 6.45) is 0.236. The number of fused-ring (bicyclic) bond motifs is 1. The van der Waals surface area contributed by atoms with Crippen molar-refractivity contribution in [1.29, 1.82) is 0 Å². The summed E-state index contributed by atoms with van der Waals surface area (Å²) in [6, 6.07) is 0. The topological polar surface area (TPSA) is 50.5 Å². The summed E-state index contributed by atoms with van der Waals surface area (Å²) in [7, 11) is 0. The second-order valence-electron chi connectivity index (χ2n) is 1.84. The molecule has 3 saturated heterocycles. The lowest BCUT2D eigenvalue weighted by atomic mass is 10.6. The van der Waals surface area contributed by atoms with Gasteiger partial charge in [0.15, 0.2) is 6.35 Å². The molecule has 7 heavy (non-hydrogen) atoms. The first-order chi connectivity index (χ1) is 3.36. The number of rotatable bonds is 0. The summed E-state index contributed by atoms with van der Waals surface area (Å²) in [5.74, 6) is 5.37. The van der Waals surface area contributed by atoms with E-state index in [1.54, 1.807) is 5.01 Å². The lowest BCUT2D eigenvalue weighted by molar-refractivity contribution is -0.137. The van der Waals surface area contributed by atoms with Crippen molar-refractivity contribution < 1.29 is 4.74 Å². The van der Waals surface area contributed by atoms with E-state index in [4.69, 9.17) is 10.6 Å². The Morgan fingerprint density at radius 3 is 2.71 bits per heavy atom. The van der Waals surface area contributed by atoms with Crippen LogP contribution in [0, 0.1) is 0 Å². The summed E-state index contributed by atoms with van der Waals surface area (Å²) >= 11 is 0. The average molecular weight is 101 g/mol. The van der Waals surface area contributed by atoms with Crippen LogP contribution in [-0.4, -0.2) is 24.1 Å². The second-order valence-corrected chi connectivity index (χ2v) is 1.84. The number of nitrogens with one attached hydrogen (secondary N) is 1. The van der Waals surface area contributed by atoms with Gasteiger partial charge in [0.05, 0.1) is 6.54 Å². The predicted octanol–water partition coefficient (Wildman–Crippen LogP) is -1.59. The number of ether oxygens (including phenoxy) is 1. The first-order valence-electron chi connectivity index (χ1n) is 2.29. The Labute approximate surface area is 41.2 Å². The van der Waals surface area contributed by atoms with E-state index in [0.29, 0.717) is 0 Å². The molecule has 2 unspecified atom stereocenters. The number of hydrazine groups is 1. The third kappa shape index (κ3) is 0.343. The molecule has 4 nitrogen and oxygen atoms in total. The molecule has 0 aromatic carbocycles. The zero-order chi connectivity index (χ0) is 4.85. The fourth-order valence-corrected chi connectivity index (χ4v) is 0.878. The molecule has 0 spiro atoms. The van der Waals surface area contributed by atoms with Crippen molar-refractivity contribution in [3.63, 3.8) is 0 Å². The smallest absolute Gasteiger partial charge is 0.182 e. The van der Waals surface area contributed by atoms with Crippen LogP contribution in [0.25, 0.3) is 0 Å². The van der Waals surface area contributed by atoms with E-state index in [9.17, 15) is 0 Å². The summed E-state index contributed by atoms with van der Waals surface area (Å²) < 4.78 is 5.05. The van der Waals surface area contributed by atoms with Gasteiger partial charge in [-0.1, -0.05) is 0 Å². The van der Waals surface area contributed by atoms with Gasteiger partial charge in [-0.25, -0.2) is 5.01 Å². The number of hydrogen-bond donors (Lipinski definition) is 2. The number of nitrogens with zero attached hydrogens (tertiary/aromatic N) is 1. The third-order valence-corrected chi connectivity index (χ3v) is 1.30. The molecule has 0 aromatic rings. The van der Waals surface area contributed by atoms with E-state index < -0.39 is 0 Å². The molecule has 3 heterocycles. The van der Waals surface area contributed by atoms with Crippen LogP contribution < -0.4 is 11.2 Å².